The van der Waals surface area contributed by atoms with Crippen molar-refractivity contribution in [1.82, 2.24) is 14.5 Å². The van der Waals surface area contributed by atoms with Crippen LogP contribution in [0.4, 0.5) is 5.13 Å². The number of rotatable bonds is 2. The molecule has 2 aliphatic rings. The van der Waals surface area contributed by atoms with Crippen LogP contribution < -0.4 is 10.9 Å². The van der Waals surface area contributed by atoms with E-state index in [0.29, 0.717) is 21.6 Å². The van der Waals surface area contributed by atoms with Gasteiger partial charge >= 0.3 is 0 Å². The molecule has 0 unspecified atom stereocenters. The molecule has 1 amide bonds. The summed E-state index contributed by atoms with van der Waals surface area (Å²) >= 11 is 1.57. The van der Waals surface area contributed by atoms with E-state index < -0.39 is 0 Å². The zero-order valence-corrected chi connectivity index (χ0v) is 16.5. The number of thiazole rings is 1. The first-order chi connectivity index (χ1) is 13.7. The van der Waals surface area contributed by atoms with Gasteiger partial charge in [0.1, 0.15) is 5.82 Å². The zero-order chi connectivity index (χ0) is 19.1. The number of nitrogens with zero attached hydrogens (tertiary/aromatic N) is 3. The van der Waals surface area contributed by atoms with Gasteiger partial charge in [-0.15, -0.1) is 11.3 Å². The minimum Gasteiger partial charge on any atom is -0.298 e. The molecular weight excluding hydrogens is 372 g/mol. The highest BCUT2D eigenvalue weighted by molar-refractivity contribution is 7.15. The van der Waals surface area contributed by atoms with E-state index in [-0.39, 0.29) is 11.5 Å². The molecule has 1 aliphatic heterocycles. The third-order valence-corrected chi connectivity index (χ3v) is 6.72. The number of nitrogens with one attached hydrogen (secondary N) is 1. The number of aryl methyl sites for hydroxylation is 3. The fourth-order valence-corrected chi connectivity index (χ4v) is 5.18. The van der Waals surface area contributed by atoms with Gasteiger partial charge in [0.2, 0.25) is 0 Å². The zero-order valence-electron chi connectivity index (χ0n) is 15.7. The van der Waals surface area contributed by atoms with Gasteiger partial charge < -0.3 is 0 Å². The van der Waals surface area contributed by atoms with Crippen molar-refractivity contribution < 1.29 is 4.79 Å². The Bertz CT molecular complexity index is 1110. The number of anilines is 1. The van der Waals surface area contributed by atoms with Gasteiger partial charge in [0, 0.05) is 23.4 Å². The summed E-state index contributed by atoms with van der Waals surface area (Å²) in [6.07, 6.45) is 8.40. The van der Waals surface area contributed by atoms with Gasteiger partial charge in [0.15, 0.2) is 5.13 Å². The molecule has 3 heterocycles. The predicted molar refractivity (Wildman–Crippen MR) is 110 cm³/mol. The number of carbonyl (C=O) groups is 1. The maximum atomic E-state index is 12.8. The van der Waals surface area contributed by atoms with Crippen LogP contribution >= 0.6 is 11.3 Å². The number of hydrogen-bond acceptors (Lipinski definition) is 5. The predicted octanol–water partition coefficient (Wildman–Crippen LogP) is 3.71. The normalized spacial score (nSPS) is 16.3. The molecule has 7 heteroatoms. The summed E-state index contributed by atoms with van der Waals surface area (Å²) in [6.45, 7) is 0.730. The topological polar surface area (TPSA) is 76.9 Å². The fraction of sp³-hybridized carbons (Fsp3) is 0.429. The van der Waals surface area contributed by atoms with Crippen molar-refractivity contribution in [2.75, 3.05) is 5.32 Å². The molecule has 6 nitrogen and oxygen atoms in total. The molecule has 2 aromatic heterocycles. The van der Waals surface area contributed by atoms with Crippen molar-refractivity contribution in [2.45, 2.75) is 57.9 Å². The molecule has 1 N–H and O–H groups in total. The second-order valence-electron chi connectivity index (χ2n) is 7.58. The molecule has 0 saturated heterocycles. The Kier molecular flexibility index (Phi) is 4.47. The second kappa shape index (κ2) is 7.13. The largest absolute Gasteiger partial charge is 0.298 e. The highest BCUT2D eigenvalue weighted by atomic mass is 32.1. The number of fused-ring (bicyclic) bond motifs is 3. The van der Waals surface area contributed by atoms with Gasteiger partial charge in [-0.1, -0.05) is 6.42 Å². The van der Waals surface area contributed by atoms with Crippen molar-refractivity contribution in [3.63, 3.8) is 0 Å². The minimum atomic E-state index is -0.204. The third kappa shape index (κ3) is 3.13. The molecular formula is C21H22N4O2S. The van der Waals surface area contributed by atoms with Gasteiger partial charge in [0.25, 0.3) is 11.5 Å². The number of amides is 1. The van der Waals surface area contributed by atoms with Crippen LogP contribution in [0.15, 0.2) is 23.0 Å². The van der Waals surface area contributed by atoms with Crippen molar-refractivity contribution in [3.8, 4) is 0 Å². The Morgan fingerprint density at radius 1 is 1.04 bits per heavy atom. The van der Waals surface area contributed by atoms with Crippen LogP contribution in [0.2, 0.25) is 0 Å². The Morgan fingerprint density at radius 3 is 2.79 bits per heavy atom. The van der Waals surface area contributed by atoms with Gasteiger partial charge in [-0.2, -0.15) is 0 Å². The molecule has 0 bridgehead atoms. The first-order valence-electron chi connectivity index (χ1n) is 10.0. The molecule has 0 radical (unpaired) electrons. The van der Waals surface area contributed by atoms with Crippen LogP contribution in [0.1, 0.15) is 58.9 Å². The maximum Gasteiger partial charge on any atom is 0.261 e. The Balaban J connectivity index is 1.46. The standard InChI is InChI=1S/C21H22N4O2S/c26-19(24-21-23-15-6-3-4-7-17(15)28-21)13-9-10-14-16(12-13)22-18-8-2-1-5-11-25(18)20(14)27/h9-10,12H,1-8,11H2,(H,23,24,26). The molecule has 5 rings (SSSR count). The SMILES string of the molecule is O=C(Nc1nc2c(s1)CCCC2)c1ccc2c(=O)n3c(nc2c1)CCCCC3. The van der Waals surface area contributed by atoms with Gasteiger partial charge in [-0.25, -0.2) is 9.97 Å². The lowest BCUT2D eigenvalue weighted by Crippen LogP contribution is -2.24. The van der Waals surface area contributed by atoms with E-state index >= 15 is 0 Å². The molecule has 144 valence electrons. The van der Waals surface area contributed by atoms with Gasteiger partial charge in [-0.3, -0.25) is 19.5 Å². The van der Waals surface area contributed by atoms with Crippen molar-refractivity contribution >= 4 is 33.3 Å². The van der Waals surface area contributed by atoms with E-state index in [9.17, 15) is 9.59 Å². The Labute approximate surface area is 166 Å². The lowest BCUT2D eigenvalue weighted by Gasteiger charge is -2.10. The molecule has 0 atom stereocenters. The quantitative estimate of drug-likeness (QED) is 0.719. The fourth-order valence-electron chi connectivity index (χ4n) is 4.13. The summed E-state index contributed by atoms with van der Waals surface area (Å²) in [5.74, 6) is 0.630. The third-order valence-electron chi connectivity index (χ3n) is 5.64. The molecule has 0 saturated carbocycles. The molecule has 1 aliphatic carbocycles. The Hall–Kier alpha value is -2.54. The van der Waals surface area contributed by atoms with Gasteiger partial charge in [-0.05, 0) is 56.7 Å². The van der Waals surface area contributed by atoms with Crippen LogP contribution in [-0.2, 0) is 25.8 Å². The summed E-state index contributed by atoms with van der Waals surface area (Å²) in [7, 11) is 0. The summed E-state index contributed by atoms with van der Waals surface area (Å²) in [5.41, 5.74) is 2.24. The highest BCUT2D eigenvalue weighted by Gasteiger charge is 2.18. The second-order valence-corrected chi connectivity index (χ2v) is 8.66. The van der Waals surface area contributed by atoms with E-state index in [0.717, 1.165) is 56.6 Å². The molecule has 28 heavy (non-hydrogen) atoms. The molecule has 0 spiro atoms. The number of benzene rings is 1. The first-order valence-corrected chi connectivity index (χ1v) is 10.8. The summed E-state index contributed by atoms with van der Waals surface area (Å²) < 4.78 is 1.80. The first kappa shape index (κ1) is 17.6. The van der Waals surface area contributed by atoms with Crippen LogP contribution in [0.5, 0.6) is 0 Å². The molecule has 1 aromatic carbocycles. The average Bonchev–Trinajstić information content (AvgIpc) is 2.96. The number of hydrogen-bond donors (Lipinski definition) is 1. The average molecular weight is 395 g/mol. The number of carbonyl (C=O) groups excluding carboxylic acids is 1. The highest BCUT2D eigenvalue weighted by Crippen LogP contribution is 2.29. The van der Waals surface area contributed by atoms with Crippen molar-refractivity contribution in [1.29, 1.82) is 0 Å². The lowest BCUT2D eigenvalue weighted by molar-refractivity contribution is 0.102. The maximum absolute atomic E-state index is 12.8. The monoisotopic (exact) mass is 394 g/mol. The lowest BCUT2D eigenvalue weighted by atomic mass is 10.0. The van der Waals surface area contributed by atoms with Crippen LogP contribution in [0.3, 0.4) is 0 Å². The van der Waals surface area contributed by atoms with Crippen LogP contribution in [0, 0.1) is 0 Å². The number of aromatic nitrogens is 3. The summed E-state index contributed by atoms with van der Waals surface area (Å²) in [4.78, 5) is 36.1. The smallest absolute Gasteiger partial charge is 0.261 e. The van der Waals surface area contributed by atoms with E-state index in [4.69, 9.17) is 4.98 Å². The Morgan fingerprint density at radius 2 is 1.89 bits per heavy atom. The summed E-state index contributed by atoms with van der Waals surface area (Å²) in [5, 5.41) is 4.16. The van der Waals surface area contributed by atoms with E-state index in [1.807, 2.05) is 0 Å². The van der Waals surface area contributed by atoms with E-state index in [1.54, 1.807) is 34.1 Å². The minimum absolute atomic E-state index is 0.00135. The van der Waals surface area contributed by atoms with Crippen molar-refractivity contribution in [3.05, 3.63) is 50.5 Å². The van der Waals surface area contributed by atoms with Crippen LogP contribution in [0.25, 0.3) is 10.9 Å². The molecule has 3 aromatic rings. The summed E-state index contributed by atoms with van der Waals surface area (Å²) in [6, 6.07) is 5.16. The van der Waals surface area contributed by atoms with Crippen LogP contribution in [-0.4, -0.2) is 20.4 Å². The van der Waals surface area contributed by atoms with E-state index in [2.05, 4.69) is 10.3 Å². The van der Waals surface area contributed by atoms with Gasteiger partial charge in [0.05, 0.1) is 16.6 Å². The molecule has 0 fully saturated rings. The van der Waals surface area contributed by atoms with E-state index in [1.165, 1.54) is 17.7 Å². The van der Waals surface area contributed by atoms with Crippen molar-refractivity contribution in [2.24, 2.45) is 0 Å².